The van der Waals surface area contributed by atoms with Crippen molar-refractivity contribution in [3.63, 3.8) is 0 Å². The van der Waals surface area contributed by atoms with E-state index in [-0.39, 0.29) is 30.1 Å². The van der Waals surface area contributed by atoms with Crippen molar-refractivity contribution in [1.29, 1.82) is 0 Å². The monoisotopic (exact) mass is 302 g/mol. The predicted molar refractivity (Wildman–Crippen MR) is 79.5 cm³/mol. The maximum Gasteiger partial charge on any atom is 0.261 e. The standard InChI is InChI=1S/C13H18N2O2S.ClH/c1-8-3-4-14-6-11(8)15-13(17)12-5-10(7-18-12)9(2)16;/h5,7-8,11,14H,3-4,6H2,1-2H3,(H,15,17);1H. The summed E-state index contributed by atoms with van der Waals surface area (Å²) in [5, 5.41) is 8.05. The Hall–Kier alpha value is -0.910. The van der Waals surface area contributed by atoms with Crippen LogP contribution in [0.3, 0.4) is 0 Å². The SMILES string of the molecule is CC(=O)c1csc(C(=O)NC2CNCCC2C)c1.Cl. The lowest BCUT2D eigenvalue weighted by atomic mass is 9.95. The Labute approximate surface area is 123 Å². The summed E-state index contributed by atoms with van der Waals surface area (Å²) in [5.41, 5.74) is 0.611. The molecule has 1 fully saturated rings. The molecule has 2 heterocycles. The van der Waals surface area contributed by atoms with Crippen molar-refractivity contribution >= 4 is 35.4 Å². The summed E-state index contributed by atoms with van der Waals surface area (Å²) in [5.74, 6) is 0.411. The van der Waals surface area contributed by atoms with Crippen LogP contribution in [-0.4, -0.2) is 30.8 Å². The Morgan fingerprint density at radius 1 is 1.47 bits per heavy atom. The second-order valence-electron chi connectivity index (χ2n) is 4.81. The summed E-state index contributed by atoms with van der Waals surface area (Å²) in [6.07, 6.45) is 1.08. The van der Waals surface area contributed by atoms with Crippen LogP contribution in [0.15, 0.2) is 11.4 Å². The number of hydrogen-bond donors (Lipinski definition) is 2. The van der Waals surface area contributed by atoms with E-state index in [1.807, 2.05) is 0 Å². The van der Waals surface area contributed by atoms with Crippen molar-refractivity contribution in [1.82, 2.24) is 10.6 Å². The fourth-order valence-corrected chi connectivity index (χ4v) is 2.91. The number of piperidine rings is 1. The Bertz CT molecular complexity index is 461. The second kappa shape index (κ2) is 7.03. The maximum atomic E-state index is 12.1. The molecular weight excluding hydrogens is 284 g/mol. The third-order valence-electron chi connectivity index (χ3n) is 3.37. The van der Waals surface area contributed by atoms with Gasteiger partial charge in [-0.05, 0) is 31.9 Å². The average Bonchev–Trinajstić information content (AvgIpc) is 2.81. The van der Waals surface area contributed by atoms with Crippen molar-refractivity contribution < 1.29 is 9.59 Å². The normalized spacial score (nSPS) is 22.4. The van der Waals surface area contributed by atoms with E-state index in [1.54, 1.807) is 11.4 Å². The zero-order valence-corrected chi connectivity index (χ0v) is 12.7. The molecule has 2 unspecified atom stereocenters. The third kappa shape index (κ3) is 4.03. The van der Waals surface area contributed by atoms with Crippen molar-refractivity contribution in [2.24, 2.45) is 5.92 Å². The van der Waals surface area contributed by atoms with Gasteiger partial charge in [0.2, 0.25) is 0 Å². The van der Waals surface area contributed by atoms with Gasteiger partial charge in [-0.1, -0.05) is 6.92 Å². The van der Waals surface area contributed by atoms with Gasteiger partial charge in [0.1, 0.15) is 0 Å². The van der Waals surface area contributed by atoms with Crippen molar-refractivity contribution in [3.8, 4) is 0 Å². The van der Waals surface area contributed by atoms with E-state index < -0.39 is 0 Å². The molecule has 1 aromatic rings. The molecule has 1 aliphatic heterocycles. The zero-order chi connectivity index (χ0) is 13.1. The van der Waals surface area contributed by atoms with Crippen LogP contribution in [0, 0.1) is 5.92 Å². The van der Waals surface area contributed by atoms with Gasteiger partial charge in [0.05, 0.1) is 4.88 Å². The lowest BCUT2D eigenvalue weighted by molar-refractivity contribution is 0.0919. The second-order valence-corrected chi connectivity index (χ2v) is 5.72. The molecule has 4 nitrogen and oxygen atoms in total. The van der Waals surface area contributed by atoms with E-state index in [2.05, 4.69) is 17.6 Å². The number of carbonyl (C=O) groups excluding carboxylic acids is 2. The van der Waals surface area contributed by atoms with Crippen LogP contribution in [0.4, 0.5) is 0 Å². The fraction of sp³-hybridized carbons (Fsp3) is 0.538. The minimum absolute atomic E-state index is 0. The first-order valence-corrected chi connectivity index (χ1v) is 7.07. The number of hydrogen-bond acceptors (Lipinski definition) is 4. The molecular formula is C13H19ClN2O2S. The molecule has 0 radical (unpaired) electrons. The topological polar surface area (TPSA) is 58.2 Å². The van der Waals surface area contributed by atoms with Gasteiger partial charge in [0, 0.05) is 23.5 Å². The van der Waals surface area contributed by atoms with Gasteiger partial charge in [0.15, 0.2) is 5.78 Å². The Balaban J connectivity index is 0.00000180. The molecule has 0 aliphatic carbocycles. The van der Waals surface area contributed by atoms with E-state index in [4.69, 9.17) is 0 Å². The Morgan fingerprint density at radius 3 is 2.79 bits per heavy atom. The fourth-order valence-electron chi connectivity index (χ4n) is 2.06. The molecule has 6 heteroatoms. The summed E-state index contributed by atoms with van der Waals surface area (Å²) in [6, 6.07) is 1.85. The first-order chi connectivity index (χ1) is 8.58. The highest BCUT2D eigenvalue weighted by molar-refractivity contribution is 7.12. The molecule has 0 spiro atoms. The molecule has 1 aromatic heterocycles. The molecule has 19 heavy (non-hydrogen) atoms. The number of ketones is 1. The number of thiophene rings is 1. The Morgan fingerprint density at radius 2 is 2.21 bits per heavy atom. The van der Waals surface area contributed by atoms with Gasteiger partial charge < -0.3 is 10.6 Å². The molecule has 0 aromatic carbocycles. The number of rotatable bonds is 3. The van der Waals surface area contributed by atoms with Gasteiger partial charge in [-0.25, -0.2) is 0 Å². The third-order valence-corrected chi connectivity index (χ3v) is 4.30. The minimum Gasteiger partial charge on any atom is -0.347 e. The first kappa shape index (κ1) is 16.1. The smallest absolute Gasteiger partial charge is 0.261 e. The number of carbonyl (C=O) groups is 2. The average molecular weight is 303 g/mol. The molecule has 2 N–H and O–H groups in total. The summed E-state index contributed by atoms with van der Waals surface area (Å²) >= 11 is 1.32. The largest absolute Gasteiger partial charge is 0.347 e. The van der Waals surface area contributed by atoms with E-state index in [0.717, 1.165) is 19.5 Å². The van der Waals surface area contributed by atoms with Gasteiger partial charge >= 0.3 is 0 Å². The van der Waals surface area contributed by atoms with Crippen molar-refractivity contribution in [2.75, 3.05) is 13.1 Å². The minimum atomic E-state index is -0.0759. The predicted octanol–water partition coefficient (Wildman–Crippen LogP) is 2.10. The van der Waals surface area contributed by atoms with Crippen LogP contribution in [-0.2, 0) is 0 Å². The van der Waals surface area contributed by atoms with Gasteiger partial charge in [-0.3, -0.25) is 9.59 Å². The number of Topliss-reactive ketones (excluding diaryl/α,β-unsaturated/α-hetero) is 1. The maximum absolute atomic E-state index is 12.1. The molecule has 106 valence electrons. The highest BCUT2D eigenvalue weighted by Gasteiger charge is 2.23. The highest BCUT2D eigenvalue weighted by Crippen LogP contribution is 2.17. The van der Waals surface area contributed by atoms with Crippen LogP contribution in [0.2, 0.25) is 0 Å². The van der Waals surface area contributed by atoms with Crippen LogP contribution >= 0.6 is 23.7 Å². The van der Waals surface area contributed by atoms with Crippen molar-refractivity contribution in [3.05, 3.63) is 21.9 Å². The van der Waals surface area contributed by atoms with Crippen molar-refractivity contribution in [2.45, 2.75) is 26.3 Å². The van der Waals surface area contributed by atoms with Crippen LogP contribution in [0.25, 0.3) is 0 Å². The van der Waals surface area contributed by atoms with Crippen LogP contribution in [0.1, 0.15) is 40.3 Å². The molecule has 2 atom stereocenters. The van der Waals surface area contributed by atoms with Gasteiger partial charge in [0.25, 0.3) is 5.91 Å². The molecule has 0 bridgehead atoms. The molecule has 0 saturated carbocycles. The van der Waals surface area contributed by atoms with E-state index >= 15 is 0 Å². The van der Waals surface area contributed by atoms with E-state index in [9.17, 15) is 9.59 Å². The summed E-state index contributed by atoms with van der Waals surface area (Å²) in [4.78, 5) is 23.9. The van der Waals surface area contributed by atoms with Crippen LogP contribution in [0.5, 0.6) is 0 Å². The molecule has 1 saturated heterocycles. The number of amides is 1. The van der Waals surface area contributed by atoms with E-state index in [1.165, 1.54) is 18.3 Å². The van der Waals surface area contributed by atoms with Crippen LogP contribution < -0.4 is 10.6 Å². The van der Waals surface area contributed by atoms with Gasteiger partial charge in [-0.15, -0.1) is 23.7 Å². The first-order valence-electron chi connectivity index (χ1n) is 6.19. The van der Waals surface area contributed by atoms with E-state index in [0.29, 0.717) is 16.4 Å². The Kier molecular flexibility index (Phi) is 5.97. The van der Waals surface area contributed by atoms with Gasteiger partial charge in [-0.2, -0.15) is 0 Å². The summed E-state index contributed by atoms with van der Waals surface area (Å²) < 4.78 is 0. The zero-order valence-electron chi connectivity index (χ0n) is 11.1. The summed E-state index contributed by atoms with van der Waals surface area (Å²) in [6.45, 7) is 5.50. The molecule has 2 rings (SSSR count). The quantitative estimate of drug-likeness (QED) is 0.841. The lowest BCUT2D eigenvalue weighted by Crippen LogP contribution is -2.50. The highest BCUT2D eigenvalue weighted by atomic mass is 35.5. The lowest BCUT2D eigenvalue weighted by Gasteiger charge is -2.30. The molecule has 1 amide bonds. The summed E-state index contributed by atoms with van der Waals surface area (Å²) in [7, 11) is 0. The molecule has 1 aliphatic rings. The number of halogens is 1. The number of nitrogens with one attached hydrogen (secondary N) is 2.